The third-order valence-corrected chi connectivity index (χ3v) is 5.47. The molecule has 0 saturated carbocycles. The molecule has 2 unspecified atom stereocenters. The van der Waals surface area contributed by atoms with E-state index in [-0.39, 0.29) is 0 Å². The Morgan fingerprint density at radius 2 is 1.23 bits per heavy atom. The molecule has 2 aromatic rings. The van der Waals surface area contributed by atoms with Gasteiger partial charge in [-0.3, -0.25) is 9.59 Å². The second-order valence-corrected chi connectivity index (χ2v) is 8.15. The lowest BCUT2D eigenvalue weighted by Crippen LogP contribution is -2.35. The first-order chi connectivity index (χ1) is 14.3. The predicted molar refractivity (Wildman–Crippen MR) is 113 cm³/mol. The highest BCUT2D eigenvalue weighted by Crippen LogP contribution is 2.08. The van der Waals surface area contributed by atoms with E-state index in [4.69, 9.17) is 9.47 Å². The summed E-state index contributed by atoms with van der Waals surface area (Å²) in [6, 6.07) is 7.49. The van der Waals surface area contributed by atoms with Crippen LogP contribution in [-0.4, -0.2) is 36.0 Å². The van der Waals surface area contributed by atoms with Gasteiger partial charge in [0.2, 0.25) is 0 Å². The van der Waals surface area contributed by atoms with Gasteiger partial charge in [0.1, 0.15) is 0 Å². The molecule has 0 radical (unpaired) electrons. The molecule has 8 nitrogen and oxygen atoms in total. The summed E-state index contributed by atoms with van der Waals surface area (Å²) < 4.78 is 9.89. The van der Waals surface area contributed by atoms with Crippen LogP contribution in [0.2, 0.25) is 0 Å². The number of nitrogens with one attached hydrogen (secondary N) is 2. The van der Waals surface area contributed by atoms with Crippen molar-refractivity contribution < 1.29 is 28.7 Å². The summed E-state index contributed by atoms with van der Waals surface area (Å²) in [5.41, 5.74) is 0. The van der Waals surface area contributed by atoms with E-state index in [1.165, 1.54) is 36.5 Å². The lowest BCUT2D eigenvalue weighted by atomic mass is 10.3. The lowest BCUT2D eigenvalue weighted by Gasteiger charge is -2.12. The molecule has 0 bridgehead atoms. The molecule has 2 aromatic heterocycles. The predicted octanol–water partition coefficient (Wildman–Crippen LogP) is 2.16. The van der Waals surface area contributed by atoms with E-state index in [1.807, 2.05) is 35.0 Å². The third kappa shape index (κ3) is 8.18. The Balaban J connectivity index is 1.68. The van der Waals surface area contributed by atoms with Gasteiger partial charge in [-0.2, -0.15) is 0 Å². The van der Waals surface area contributed by atoms with Crippen molar-refractivity contribution in [2.24, 2.45) is 0 Å². The first-order valence-corrected chi connectivity index (χ1v) is 10.8. The molecule has 10 heteroatoms. The molecule has 0 aliphatic heterocycles. The molecule has 0 saturated heterocycles. The van der Waals surface area contributed by atoms with Gasteiger partial charge < -0.3 is 20.1 Å². The highest BCUT2D eigenvalue weighted by atomic mass is 32.1. The molecule has 0 aliphatic rings. The first-order valence-electron chi connectivity index (χ1n) is 9.04. The molecule has 2 atom stereocenters. The summed E-state index contributed by atoms with van der Waals surface area (Å²) in [6.45, 7) is 3.53. The van der Waals surface area contributed by atoms with Gasteiger partial charge in [-0.1, -0.05) is 12.1 Å². The van der Waals surface area contributed by atoms with Crippen molar-refractivity contribution in [2.75, 3.05) is 0 Å². The Morgan fingerprint density at radius 3 is 1.57 bits per heavy atom. The fraction of sp³-hybridized carbons (Fsp3) is 0.300. The molecule has 0 aromatic carbocycles. The Labute approximate surface area is 181 Å². The van der Waals surface area contributed by atoms with Gasteiger partial charge in [0.05, 0.1) is 13.1 Å². The summed E-state index contributed by atoms with van der Waals surface area (Å²) in [7, 11) is 0. The molecule has 30 heavy (non-hydrogen) atoms. The van der Waals surface area contributed by atoms with Crippen LogP contribution in [0, 0.1) is 0 Å². The number of rotatable bonds is 10. The van der Waals surface area contributed by atoms with Gasteiger partial charge in [-0.15, -0.1) is 22.7 Å². The van der Waals surface area contributed by atoms with Gasteiger partial charge in [0.25, 0.3) is 11.8 Å². The van der Waals surface area contributed by atoms with Crippen LogP contribution >= 0.6 is 22.7 Å². The summed E-state index contributed by atoms with van der Waals surface area (Å²) in [4.78, 5) is 49.4. The highest BCUT2D eigenvalue weighted by Gasteiger charge is 2.18. The maximum absolute atomic E-state index is 11.9. The molecule has 0 aliphatic carbocycles. The molecule has 0 spiro atoms. The zero-order chi connectivity index (χ0) is 21.9. The quantitative estimate of drug-likeness (QED) is 0.424. The van der Waals surface area contributed by atoms with Crippen molar-refractivity contribution in [1.82, 2.24) is 10.6 Å². The summed E-state index contributed by atoms with van der Waals surface area (Å²) in [5, 5.41) is 9.08. The zero-order valence-electron chi connectivity index (χ0n) is 16.5. The van der Waals surface area contributed by atoms with E-state index < -0.39 is 36.0 Å². The maximum Gasteiger partial charge on any atom is 0.331 e. The van der Waals surface area contributed by atoms with Gasteiger partial charge in [0, 0.05) is 21.9 Å². The summed E-state index contributed by atoms with van der Waals surface area (Å²) >= 11 is 3.00. The molecule has 2 rings (SSSR count). The fourth-order valence-electron chi connectivity index (χ4n) is 2.13. The smallest absolute Gasteiger partial charge is 0.331 e. The number of hydrogen-bond acceptors (Lipinski definition) is 8. The van der Waals surface area contributed by atoms with Gasteiger partial charge >= 0.3 is 11.9 Å². The van der Waals surface area contributed by atoms with Crippen LogP contribution < -0.4 is 10.6 Å². The second-order valence-electron chi connectivity index (χ2n) is 6.09. The van der Waals surface area contributed by atoms with Crippen LogP contribution in [0.15, 0.2) is 47.2 Å². The number of ether oxygens (including phenoxy) is 2. The van der Waals surface area contributed by atoms with Gasteiger partial charge in [-0.25, -0.2) is 9.59 Å². The van der Waals surface area contributed by atoms with E-state index in [9.17, 15) is 19.2 Å². The number of thiophene rings is 2. The summed E-state index contributed by atoms with van der Waals surface area (Å²) in [5.74, 6) is -2.66. The average Bonchev–Trinajstić information content (AvgIpc) is 3.42. The Hall–Kier alpha value is -2.98. The normalized spacial score (nSPS) is 12.7. The van der Waals surface area contributed by atoms with E-state index >= 15 is 0 Å². The molecule has 0 fully saturated rings. The van der Waals surface area contributed by atoms with E-state index in [1.54, 1.807) is 0 Å². The molecule has 2 N–H and O–H groups in total. The molecule has 2 amide bonds. The molecule has 2 heterocycles. The van der Waals surface area contributed by atoms with E-state index in [0.717, 1.165) is 21.9 Å². The lowest BCUT2D eigenvalue weighted by molar-refractivity contribution is -0.151. The van der Waals surface area contributed by atoms with Crippen molar-refractivity contribution in [3.05, 3.63) is 56.9 Å². The van der Waals surface area contributed by atoms with Crippen molar-refractivity contribution in [3.63, 3.8) is 0 Å². The largest absolute Gasteiger partial charge is 0.449 e. The van der Waals surface area contributed by atoms with Crippen molar-refractivity contribution in [3.8, 4) is 0 Å². The average molecular weight is 451 g/mol. The Morgan fingerprint density at radius 1 is 0.833 bits per heavy atom. The highest BCUT2D eigenvalue weighted by molar-refractivity contribution is 7.10. The van der Waals surface area contributed by atoms with E-state index in [2.05, 4.69) is 10.6 Å². The van der Waals surface area contributed by atoms with Gasteiger partial charge in [0.15, 0.2) is 12.2 Å². The van der Waals surface area contributed by atoms with Crippen LogP contribution in [0.3, 0.4) is 0 Å². The number of hydrogen-bond donors (Lipinski definition) is 2. The molecule has 160 valence electrons. The van der Waals surface area contributed by atoms with Crippen molar-refractivity contribution in [2.45, 2.75) is 39.1 Å². The van der Waals surface area contributed by atoms with Gasteiger partial charge in [-0.05, 0) is 36.7 Å². The summed E-state index contributed by atoms with van der Waals surface area (Å²) in [6.07, 6.45) is -0.358. The minimum Gasteiger partial charge on any atom is -0.449 e. The van der Waals surface area contributed by atoms with Crippen molar-refractivity contribution in [1.29, 1.82) is 0 Å². The zero-order valence-corrected chi connectivity index (χ0v) is 18.1. The monoisotopic (exact) mass is 450 g/mol. The van der Waals surface area contributed by atoms with Crippen LogP contribution in [0.5, 0.6) is 0 Å². The number of amides is 2. The SMILES string of the molecule is CC(OC(=O)/C=C/C(=O)OC(C)C(=O)NCc1cccs1)C(=O)NCc1cccs1. The number of carbonyl (C=O) groups excluding carboxylic acids is 4. The Bertz CT molecular complexity index is 805. The number of carbonyl (C=O) groups is 4. The second kappa shape index (κ2) is 11.9. The maximum atomic E-state index is 11.9. The minimum atomic E-state index is -1.03. The van der Waals surface area contributed by atoms with E-state index in [0.29, 0.717) is 13.1 Å². The van der Waals surface area contributed by atoms with Crippen LogP contribution in [-0.2, 0) is 41.7 Å². The van der Waals surface area contributed by atoms with Crippen LogP contribution in [0.1, 0.15) is 23.6 Å². The van der Waals surface area contributed by atoms with Crippen LogP contribution in [0.25, 0.3) is 0 Å². The number of esters is 2. The minimum absolute atomic E-state index is 0.340. The first kappa shape index (κ1) is 23.3. The topological polar surface area (TPSA) is 111 Å². The molecular formula is C20H22N2O6S2. The van der Waals surface area contributed by atoms with Crippen LogP contribution in [0.4, 0.5) is 0 Å². The third-order valence-electron chi connectivity index (χ3n) is 3.71. The van der Waals surface area contributed by atoms with Crippen molar-refractivity contribution >= 4 is 46.4 Å². The molecular weight excluding hydrogens is 428 g/mol. The standard InChI is InChI=1S/C20H22N2O6S2/c1-13(19(25)21-11-15-5-3-9-29-15)27-17(23)7-8-18(24)28-14(2)20(26)22-12-16-6-4-10-30-16/h3-10,13-14H,11-12H2,1-2H3,(H,21,25)(H,22,26)/b8-7+. The fourth-order valence-corrected chi connectivity index (χ4v) is 3.42. The Kier molecular flexibility index (Phi) is 9.23.